The Bertz CT molecular complexity index is 244. The van der Waals surface area contributed by atoms with Crippen molar-refractivity contribution in [1.29, 1.82) is 0 Å². The average Bonchev–Trinajstić information content (AvgIpc) is 2.71. The molecule has 0 spiro atoms. The second-order valence-electron chi connectivity index (χ2n) is 3.74. The van der Waals surface area contributed by atoms with E-state index < -0.39 is 0 Å². The summed E-state index contributed by atoms with van der Waals surface area (Å²) in [6, 6.07) is 0. The van der Waals surface area contributed by atoms with Gasteiger partial charge in [0, 0.05) is 25.5 Å². The van der Waals surface area contributed by atoms with Gasteiger partial charge >= 0.3 is 0 Å². The maximum atomic E-state index is 4.12. The molecule has 13 heavy (non-hydrogen) atoms. The van der Waals surface area contributed by atoms with Crippen molar-refractivity contribution < 1.29 is 0 Å². The Hall–Kier alpha value is -1.03. The van der Waals surface area contributed by atoms with Crippen LogP contribution in [-0.4, -0.2) is 41.5 Å². The van der Waals surface area contributed by atoms with Crippen molar-refractivity contribution in [3.63, 3.8) is 0 Å². The highest BCUT2D eigenvalue weighted by molar-refractivity contribution is 5.22. The Morgan fingerprint density at radius 2 is 2.69 bits per heavy atom. The average molecular weight is 180 g/mol. The summed E-state index contributed by atoms with van der Waals surface area (Å²) in [5.74, 6) is 1.66. The number of rotatable bonds is 3. The van der Waals surface area contributed by atoms with Gasteiger partial charge in [-0.05, 0) is 25.9 Å². The van der Waals surface area contributed by atoms with Gasteiger partial charge in [-0.2, -0.15) is 0 Å². The van der Waals surface area contributed by atoms with E-state index in [0.29, 0.717) is 0 Å². The molecule has 1 aliphatic rings. The van der Waals surface area contributed by atoms with Crippen LogP contribution >= 0.6 is 0 Å². The molecule has 0 aromatic carbocycles. The van der Waals surface area contributed by atoms with Crippen LogP contribution in [0.1, 0.15) is 6.42 Å². The molecule has 4 heteroatoms. The summed E-state index contributed by atoms with van der Waals surface area (Å²) in [5.41, 5.74) is 0. The number of H-pyrrole nitrogens is 1. The molecule has 1 aliphatic heterocycles. The molecule has 0 saturated carbocycles. The van der Waals surface area contributed by atoms with Gasteiger partial charge < -0.3 is 15.2 Å². The Labute approximate surface area is 78.4 Å². The normalized spacial score (nSPS) is 23.6. The van der Waals surface area contributed by atoms with Gasteiger partial charge in [0.05, 0.1) is 0 Å². The summed E-state index contributed by atoms with van der Waals surface area (Å²) in [6.07, 6.45) is 4.90. The first-order valence-electron chi connectivity index (χ1n) is 4.76. The third-order valence-corrected chi connectivity index (χ3v) is 2.55. The summed E-state index contributed by atoms with van der Waals surface area (Å²) in [5, 5.41) is 3.29. The number of aromatic nitrogens is 2. The van der Waals surface area contributed by atoms with E-state index in [-0.39, 0.29) is 0 Å². The highest BCUT2D eigenvalue weighted by Crippen LogP contribution is 2.14. The highest BCUT2D eigenvalue weighted by atomic mass is 15.1. The minimum atomic E-state index is 0.773. The van der Waals surface area contributed by atoms with Crippen LogP contribution < -0.4 is 5.32 Å². The van der Waals surface area contributed by atoms with Crippen molar-refractivity contribution in [3.8, 4) is 0 Å². The van der Waals surface area contributed by atoms with Crippen LogP contribution in [-0.2, 0) is 0 Å². The van der Waals surface area contributed by atoms with Crippen LogP contribution in [0.25, 0.3) is 0 Å². The second-order valence-corrected chi connectivity index (χ2v) is 3.74. The summed E-state index contributed by atoms with van der Waals surface area (Å²) in [4.78, 5) is 9.52. The van der Waals surface area contributed by atoms with E-state index in [1.165, 1.54) is 19.5 Å². The Morgan fingerprint density at radius 3 is 3.31 bits per heavy atom. The Balaban J connectivity index is 1.74. The fraction of sp³-hybridized carbons (Fsp3) is 0.667. The molecular formula is C9H16N4. The summed E-state index contributed by atoms with van der Waals surface area (Å²) >= 11 is 0. The SMILES string of the molecule is CN1CCC(CNc2ncc[nH]2)C1. The van der Waals surface area contributed by atoms with E-state index in [2.05, 4.69) is 27.2 Å². The third-order valence-electron chi connectivity index (χ3n) is 2.55. The molecule has 1 aromatic rings. The Morgan fingerprint density at radius 1 is 1.77 bits per heavy atom. The number of hydrogen-bond donors (Lipinski definition) is 2. The number of nitrogens with one attached hydrogen (secondary N) is 2. The standard InChI is InChI=1S/C9H16N4/c1-13-5-2-8(7-13)6-12-9-10-3-4-11-9/h3-4,8H,2,5-7H2,1H3,(H2,10,11,12). The van der Waals surface area contributed by atoms with Crippen LogP contribution in [0.3, 0.4) is 0 Å². The van der Waals surface area contributed by atoms with Gasteiger partial charge in [0.25, 0.3) is 0 Å². The fourth-order valence-corrected chi connectivity index (χ4v) is 1.80. The van der Waals surface area contributed by atoms with Gasteiger partial charge in [0.2, 0.25) is 0 Å². The molecule has 2 heterocycles. The first kappa shape index (κ1) is 8.56. The van der Waals surface area contributed by atoms with Crippen LogP contribution in [0, 0.1) is 5.92 Å². The zero-order valence-electron chi connectivity index (χ0n) is 7.95. The molecule has 0 bridgehead atoms. The largest absolute Gasteiger partial charge is 0.356 e. The summed E-state index contributed by atoms with van der Waals surface area (Å²) < 4.78 is 0. The number of aromatic amines is 1. The van der Waals surface area contributed by atoms with E-state index in [4.69, 9.17) is 0 Å². The molecular weight excluding hydrogens is 164 g/mol. The molecule has 1 unspecified atom stereocenters. The van der Waals surface area contributed by atoms with Crippen molar-refractivity contribution in [1.82, 2.24) is 14.9 Å². The Kier molecular flexibility index (Phi) is 2.49. The van der Waals surface area contributed by atoms with Crippen molar-refractivity contribution in [2.45, 2.75) is 6.42 Å². The number of nitrogens with zero attached hydrogens (tertiary/aromatic N) is 2. The second kappa shape index (κ2) is 3.79. The molecule has 0 radical (unpaired) electrons. The zero-order valence-corrected chi connectivity index (χ0v) is 7.95. The molecule has 72 valence electrons. The maximum absolute atomic E-state index is 4.12. The van der Waals surface area contributed by atoms with E-state index in [1.54, 1.807) is 6.20 Å². The molecule has 1 atom stereocenters. The van der Waals surface area contributed by atoms with E-state index >= 15 is 0 Å². The van der Waals surface area contributed by atoms with Crippen molar-refractivity contribution in [3.05, 3.63) is 12.4 Å². The summed E-state index contributed by atoms with van der Waals surface area (Å²) in [7, 11) is 2.17. The molecule has 0 amide bonds. The smallest absolute Gasteiger partial charge is 0.200 e. The van der Waals surface area contributed by atoms with Gasteiger partial charge in [-0.1, -0.05) is 0 Å². The fourth-order valence-electron chi connectivity index (χ4n) is 1.80. The summed E-state index contributed by atoms with van der Waals surface area (Å²) in [6.45, 7) is 3.45. The monoisotopic (exact) mass is 180 g/mol. The molecule has 2 rings (SSSR count). The van der Waals surface area contributed by atoms with Crippen LogP contribution in [0.15, 0.2) is 12.4 Å². The van der Waals surface area contributed by atoms with E-state index in [9.17, 15) is 0 Å². The van der Waals surface area contributed by atoms with E-state index in [0.717, 1.165) is 18.4 Å². The minimum absolute atomic E-state index is 0.773. The topological polar surface area (TPSA) is 44.0 Å². The lowest BCUT2D eigenvalue weighted by Gasteiger charge is -2.10. The number of imidazole rings is 1. The first-order chi connectivity index (χ1) is 6.34. The number of anilines is 1. The quantitative estimate of drug-likeness (QED) is 0.722. The molecule has 4 nitrogen and oxygen atoms in total. The predicted octanol–water partition coefficient (Wildman–Crippen LogP) is 0.773. The van der Waals surface area contributed by atoms with Crippen molar-refractivity contribution in [2.75, 3.05) is 32.0 Å². The van der Waals surface area contributed by atoms with Gasteiger partial charge in [0.15, 0.2) is 5.95 Å². The van der Waals surface area contributed by atoms with Crippen molar-refractivity contribution in [2.24, 2.45) is 5.92 Å². The first-order valence-corrected chi connectivity index (χ1v) is 4.76. The minimum Gasteiger partial charge on any atom is -0.356 e. The number of hydrogen-bond acceptors (Lipinski definition) is 3. The molecule has 0 aliphatic carbocycles. The lowest BCUT2D eigenvalue weighted by atomic mass is 10.1. The highest BCUT2D eigenvalue weighted by Gasteiger charge is 2.18. The van der Waals surface area contributed by atoms with Crippen LogP contribution in [0.2, 0.25) is 0 Å². The molecule has 1 aromatic heterocycles. The van der Waals surface area contributed by atoms with Crippen LogP contribution in [0.4, 0.5) is 5.95 Å². The zero-order chi connectivity index (χ0) is 9.10. The van der Waals surface area contributed by atoms with Crippen molar-refractivity contribution >= 4 is 5.95 Å². The van der Waals surface area contributed by atoms with Gasteiger partial charge in [0.1, 0.15) is 0 Å². The lowest BCUT2D eigenvalue weighted by Crippen LogP contribution is -2.19. The number of likely N-dealkylation sites (tertiary alicyclic amines) is 1. The van der Waals surface area contributed by atoms with E-state index in [1.807, 2.05) is 6.20 Å². The van der Waals surface area contributed by atoms with Gasteiger partial charge in [-0.25, -0.2) is 4.98 Å². The molecule has 2 N–H and O–H groups in total. The molecule has 1 fully saturated rings. The molecule has 1 saturated heterocycles. The lowest BCUT2D eigenvalue weighted by molar-refractivity contribution is 0.399. The van der Waals surface area contributed by atoms with Crippen LogP contribution in [0.5, 0.6) is 0 Å². The van der Waals surface area contributed by atoms with Gasteiger partial charge in [-0.15, -0.1) is 0 Å². The van der Waals surface area contributed by atoms with Gasteiger partial charge in [-0.3, -0.25) is 0 Å². The third kappa shape index (κ3) is 2.21. The maximum Gasteiger partial charge on any atom is 0.200 e. The predicted molar refractivity (Wildman–Crippen MR) is 52.7 cm³/mol.